The lowest BCUT2D eigenvalue weighted by Gasteiger charge is -2.28. The maximum absolute atomic E-state index is 13.5. The Kier molecular flexibility index (Phi) is 4.76. The van der Waals surface area contributed by atoms with Gasteiger partial charge >= 0.3 is 0 Å². The normalized spacial score (nSPS) is 23.4. The van der Waals surface area contributed by atoms with Gasteiger partial charge in [0, 0.05) is 11.4 Å². The van der Waals surface area contributed by atoms with Crippen molar-refractivity contribution < 1.29 is 12.8 Å². The molecular weight excluding hydrogens is 383 g/mol. The largest absolute Gasteiger partial charge is 0.315 e. The number of amidine groups is 1. The molecule has 4 rings (SSSR count). The first-order chi connectivity index (χ1) is 12.8. The van der Waals surface area contributed by atoms with Gasteiger partial charge < -0.3 is 4.90 Å². The van der Waals surface area contributed by atoms with Gasteiger partial charge in [0.1, 0.15) is 5.82 Å². The summed E-state index contributed by atoms with van der Waals surface area (Å²) in [6.45, 7) is 4.07. The van der Waals surface area contributed by atoms with Gasteiger partial charge in [-0.1, -0.05) is 41.6 Å². The summed E-state index contributed by atoms with van der Waals surface area (Å²) in [5.41, 5.74) is 4.14. The van der Waals surface area contributed by atoms with E-state index in [0.29, 0.717) is 5.75 Å². The highest BCUT2D eigenvalue weighted by Crippen LogP contribution is 2.37. The Labute approximate surface area is 163 Å². The van der Waals surface area contributed by atoms with Crippen LogP contribution in [0.1, 0.15) is 16.7 Å². The van der Waals surface area contributed by atoms with Gasteiger partial charge in [-0.05, 0) is 43.2 Å². The second-order valence-electron chi connectivity index (χ2n) is 7.20. The van der Waals surface area contributed by atoms with Crippen molar-refractivity contribution in [1.82, 2.24) is 0 Å². The zero-order valence-electron chi connectivity index (χ0n) is 15.2. The van der Waals surface area contributed by atoms with Crippen molar-refractivity contribution >= 4 is 32.5 Å². The highest BCUT2D eigenvalue weighted by Gasteiger charge is 2.47. The molecule has 0 aromatic heterocycles. The number of sulfone groups is 1. The van der Waals surface area contributed by atoms with Crippen molar-refractivity contribution in [3.8, 4) is 0 Å². The third-order valence-corrected chi connectivity index (χ3v) is 7.71. The summed E-state index contributed by atoms with van der Waals surface area (Å²) < 4.78 is 37.7. The van der Waals surface area contributed by atoms with Crippen LogP contribution in [0.2, 0.25) is 0 Å². The molecule has 2 heterocycles. The molecule has 142 valence electrons. The standard InChI is InChI=1S/C20H21FN2O2S2/c1-13-6-7-18(14(2)8-13)23-19-12-27(24,25)11-17(19)22-20(23)26-10-15-4-3-5-16(21)9-15/h3-9,17,19H,10-12H2,1-2H3/t17-,19-/m1/s1. The number of aryl methyl sites for hydroxylation is 2. The molecule has 7 heteroatoms. The van der Waals surface area contributed by atoms with Crippen LogP contribution in [0.4, 0.5) is 10.1 Å². The number of rotatable bonds is 3. The van der Waals surface area contributed by atoms with Crippen molar-refractivity contribution in [3.63, 3.8) is 0 Å². The molecule has 0 N–H and O–H groups in total. The second kappa shape index (κ2) is 6.95. The lowest BCUT2D eigenvalue weighted by Crippen LogP contribution is -2.39. The number of fused-ring (bicyclic) bond motifs is 1. The summed E-state index contributed by atoms with van der Waals surface area (Å²) in [6, 6.07) is 12.3. The molecule has 2 aliphatic heterocycles. The monoisotopic (exact) mass is 404 g/mol. The van der Waals surface area contributed by atoms with E-state index < -0.39 is 9.84 Å². The van der Waals surface area contributed by atoms with E-state index in [4.69, 9.17) is 4.99 Å². The van der Waals surface area contributed by atoms with E-state index >= 15 is 0 Å². The molecule has 0 aliphatic carbocycles. The van der Waals surface area contributed by atoms with Gasteiger partial charge in [0.25, 0.3) is 0 Å². The van der Waals surface area contributed by atoms with E-state index in [1.165, 1.54) is 23.9 Å². The molecule has 1 fully saturated rings. The van der Waals surface area contributed by atoms with Crippen molar-refractivity contribution in [2.45, 2.75) is 31.7 Å². The van der Waals surface area contributed by atoms with E-state index in [2.05, 4.69) is 11.0 Å². The molecule has 0 bridgehead atoms. The third-order valence-electron chi connectivity index (χ3n) is 4.98. The molecule has 1 saturated heterocycles. The molecule has 2 aliphatic rings. The number of hydrogen-bond donors (Lipinski definition) is 0. The Balaban J connectivity index is 1.65. The minimum absolute atomic E-state index is 0.100. The smallest absolute Gasteiger partial charge is 0.164 e. The van der Waals surface area contributed by atoms with Crippen LogP contribution < -0.4 is 4.90 Å². The number of benzene rings is 2. The lowest BCUT2D eigenvalue weighted by atomic mass is 10.1. The Morgan fingerprint density at radius 3 is 2.74 bits per heavy atom. The van der Waals surface area contributed by atoms with E-state index in [1.807, 2.05) is 32.0 Å². The number of anilines is 1. The fourth-order valence-electron chi connectivity index (χ4n) is 3.77. The van der Waals surface area contributed by atoms with Crippen molar-refractivity contribution in [1.29, 1.82) is 0 Å². The first-order valence-electron chi connectivity index (χ1n) is 8.84. The summed E-state index contributed by atoms with van der Waals surface area (Å²) >= 11 is 1.53. The predicted octanol–water partition coefficient (Wildman–Crippen LogP) is 3.72. The molecule has 0 unspecified atom stereocenters. The van der Waals surface area contributed by atoms with E-state index in [1.54, 1.807) is 6.07 Å². The fraction of sp³-hybridized carbons (Fsp3) is 0.350. The molecule has 0 radical (unpaired) electrons. The van der Waals surface area contributed by atoms with Crippen LogP contribution in [0.3, 0.4) is 0 Å². The minimum atomic E-state index is -3.07. The number of aliphatic imine (C=N–C) groups is 1. The third kappa shape index (κ3) is 3.75. The number of halogens is 1. The minimum Gasteiger partial charge on any atom is -0.315 e. The summed E-state index contributed by atoms with van der Waals surface area (Å²) in [4.78, 5) is 6.81. The fourth-order valence-corrected chi connectivity index (χ4v) is 6.67. The van der Waals surface area contributed by atoms with Crippen LogP contribution >= 0.6 is 11.8 Å². The van der Waals surface area contributed by atoms with Crippen LogP contribution in [0.15, 0.2) is 47.5 Å². The maximum atomic E-state index is 13.5. The van der Waals surface area contributed by atoms with Crippen molar-refractivity contribution in [3.05, 3.63) is 65.0 Å². The van der Waals surface area contributed by atoms with Gasteiger partial charge in [-0.2, -0.15) is 0 Å². The number of thioether (sulfide) groups is 1. The van der Waals surface area contributed by atoms with E-state index in [9.17, 15) is 12.8 Å². The molecule has 2 aromatic rings. The zero-order chi connectivity index (χ0) is 19.2. The summed E-state index contributed by atoms with van der Waals surface area (Å²) in [7, 11) is -3.07. The van der Waals surface area contributed by atoms with Crippen LogP contribution in [0.25, 0.3) is 0 Å². The highest BCUT2D eigenvalue weighted by atomic mass is 32.2. The van der Waals surface area contributed by atoms with Crippen molar-refractivity contribution in [2.75, 3.05) is 16.4 Å². The summed E-state index contributed by atoms with van der Waals surface area (Å²) in [5.74, 6) is 0.557. The van der Waals surface area contributed by atoms with Crippen LogP contribution in [-0.4, -0.2) is 37.2 Å². The molecule has 2 aromatic carbocycles. The Morgan fingerprint density at radius 1 is 1.19 bits per heavy atom. The maximum Gasteiger partial charge on any atom is 0.164 e. The summed E-state index contributed by atoms with van der Waals surface area (Å²) in [6.07, 6.45) is 0. The summed E-state index contributed by atoms with van der Waals surface area (Å²) in [5, 5.41) is 0.816. The Bertz CT molecular complexity index is 1020. The van der Waals surface area contributed by atoms with Gasteiger partial charge in [0.2, 0.25) is 0 Å². The first kappa shape index (κ1) is 18.5. The molecule has 27 heavy (non-hydrogen) atoms. The van der Waals surface area contributed by atoms with Gasteiger partial charge in [-0.25, -0.2) is 12.8 Å². The first-order valence-corrected chi connectivity index (χ1v) is 11.6. The van der Waals surface area contributed by atoms with E-state index in [0.717, 1.165) is 27.5 Å². The molecule has 0 spiro atoms. The topological polar surface area (TPSA) is 49.7 Å². The SMILES string of the molecule is Cc1ccc(N2C(SCc3cccc(F)c3)=N[C@@H]3CS(=O)(=O)C[C@H]32)c(C)c1. The van der Waals surface area contributed by atoms with Gasteiger partial charge in [0.05, 0.1) is 23.6 Å². The predicted molar refractivity (Wildman–Crippen MR) is 110 cm³/mol. The lowest BCUT2D eigenvalue weighted by molar-refractivity contribution is 0.601. The number of nitrogens with zero attached hydrogens (tertiary/aromatic N) is 2. The Hall–Kier alpha value is -1.86. The zero-order valence-corrected chi connectivity index (χ0v) is 16.9. The highest BCUT2D eigenvalue weighted by molar-refractivity contribution is 8.13. The van der Waals surface area contributed by atoms with Crippen LogP contribution in [0.5, 0.6) is 0 Å². The average Bonchev–Trinajstić information content (AvgIpc) is 3.05. The van der Waals surface area contributed by atoms with E-state index in [-0.39, 0.29) is 29.4 Å². The molecule has 4 nitrogen and oxygen atoms in total. The molecule has 0 amide bonds. The molecule has 2 atom stereocenters. The quantitative estimate of drug-likeness (QED) is 0.782. The van der Waals surface area contributed by atoms with Crippen LogP contribution in [-0.2, 0) is 15.6 Å². The second-order valence-corrected chi connectivity index (χ2v) is 10.3. The van der Waals surface area contributed by atoms with Gasteiger partial charge in [0.15, 0.2) is 15.0 Å². The van der Waals surface area contributed by atoms with Crippen LogP contribution in [0, 0.1) is 19.7 Å². The van der Waals surface area contributed by atoms with Gasteiger partial charge in [-0.3, -0.25) is 4.99 Å². The molecule has 0 saturated carbocycles. The Morgan fingerprint density at radius 2 is 2.00 bits per heavy atom. The average molecular weight is 405 g/mol. The van der Waals surface area contributed by atoms with Crippen molar-refractivity contribution in [2.24, 2.45) is 4.99 Å². The molecular formula is C20H21FN2O2S2. The number of hydrogen-bond acceptors (Lipinski definition) is 5. The van der Waals surface area contributed by atoms with Gasteiger partial charge in [-0.15, -0.1) is 0 Å².